The summed E-state index contributed by atoms with van der Waals surface area (Å²) in [5, 5.41) is 24.2. The largest absolute Gasteiger partial charge is 0.508 e. The summed E-state index contributed by atoms with van der Waals surface area (Å²) in [5.74, 6) is -4.49. The van der Waals surface area contributed by atoms with Gasteiger partial charge in [0, 0.05) is 18.5 Å². The molecule has 14 nitrogen and oxygen atoms in total. The number of hydrogen-bond donors (Lipinski definition) is 3. The van der Waals surface area contributed by atoms with Crippen LogP contribution in [0.2, 0.25) is 0 Å². The van der Waals surface area contributed by atoms with Gasteiger partial charge in [-0.15, -0.1) is 0 Å². The summed E-state index contributed by atoms with van der Waals surface area (Å²) in [6.07, 6.45) is -3.98. The van der Waals surface area contributed by atoms with E-state index >= 15 is 8.42 Å². The van der Waals surface area contributed by atoms with Gasteiger partial charge in [-0.3, -0.25) is 9.69 Å². The molecule has 0 saturated carbocycles. The van der Waals surface area contributed by atoms with Crippen molar-refractivity contribution in [3.8, 4) is 17.2 Å². The summed E-state index contributed by atoms with van der Waals surface area (Å²) in [6, 6.07) is 27.1. The van der Waals surface area contributed by atoms with Crippen LogP contribution in [0.4, 0.5) is 4.79 Å². The van der Waals surface area contributed by atoms with Crippen molar-refractivity contribution >= 4 is 44.8 Å². The number of nitrogens with one attached hydrogen (secondary N) is 1. The van der Waals surface area contributed by atoms with Crippen LogP contribution in [-0.4, -0.2) is 76.8 Å². The Labute approximate surface area is 328 Å². The van der Waals surface area contributed by atoms with Crippen LogP contribution in [0, 0.1) is 0 Å². The van der Waals surface area contributed by atoms with Gasteiger partial charge in [-0.05, 0) is 92.6 Å². The normalized spacial score (nSPS) is 18.5. The second-order valence-corrected chi connectivity index (χ2v) is 15.9. The third-order valence-corrected chi connectivity index (χ3v) is 10.8. The maximum Gasteiger partial charge on any atom is 0.413 e. The Bertz CT molecular complexity index is 2390. The topological polar surface area (TPSA) is 195 Å². The minimum absolute atomic E-state index is 0.00108. The standard InChI is InChI=1S/C42H40N2O12S/c1-41(2,3)55-40(50)44-26-12-25-42(57(51,52)56-34-20-10-9-19-33(34)46,54-39(49)32-18-11-16-27-13-7-8-17-31(27)32)35(43-36(47)28-21-23-30(45)24-22-28)37(44)53-38(48)29-14-5-4-6-15-29/h4-11,13-24,35,37,45-46H,12,25-26H2,1-3H3,(H,43,47)/t35-,37?,42-/m1/s1. The Morgan fingerprint density at radius 2 is 1.42 bits per heavy atom. The fourth-order valence-corrected chi connectivity index (χ4v) is 7.95. The molecule has 3 N–H and O–H groups in total. The lowest BCUT2D eigenvalue weighted by atomic mass is 10.0. The Kier molecular flexibility index (Phi) is 11.4. The first kappa shape index (κ1) is 40.1. The van der Waals surface area contributed by atoms with Gasteiger partial charge in [0.2, 0.25) is 6.23 Å². The number of hydrogen-bond acceptors (Lipinski definition) is 12. The van der Waals surface area contributed by atoms with Crippen LogP contribution >= 0.6 is 0 Å². The van der Waals surface area contributed by atoms with Crippen LogP contribution in [-0.2, 0) is 24.3 Å². The monoisotopic (exact) mass is 796 g/mol. The molecular formula is C42H40N2O12S. The van der Waals surface area contributed by atoms with Crippen molar-refractivity contribution in [2.45, 2.75) is 56.4 Å². The molecule has 5 aromatic carbocycles. The van der Waals surface area contributed by atoms with Crippen molar-refractivity contribution in [3.63, 3.8) is 0 Å². The maximum absolute atomic E-state index is 15.1. The highest BCUT2D eigenvalue weighted by atomic mass is 32.2. The molecule has 0 aromatic heterocycles. The van der Waals surface area contributed by atoms with Crippen LogP contribution in [0.5, 0.6) is 17.2 Å². The highest BCUT2D eigenvalue weighted by Gasteiger charge is 2.63. The average Bonchev–Trinajstić information content (AvgIpc) is 3.32. The van der Waals surface area contributed by atoms with Crippen molar-refractivity contribution in [2.24, 2.45) is 0 Å². The van der Waals surface area contributed by atoms with E-state index in [0.717, 1.165) is 11.0 Å². The van der Waals surface area contributed by atoms with Gasteiger partial charge in [-0.2, -0.15) is 8.42 Å². The number of carbonyl (C=O) groups is 4. The van der Waals surface area contributed by atoms with Crippen LogP contribution in [0.1, 0.15) is 64.7 Å². The predicted molar refractivity (Wildman–Crippen MR) is 207 cm³/mol. The third kappa shape index (κ3) is 8.78. The Hall–Kier alpha value is -6.61. The molecule has 1 unspecified atom stereocenters. The van der Waals surface area contributed by atoms with E-state index in [9.17, 15) is 29.4 Å². The Balaban J connectivity index is 1.60. The second-order valence-electron chi connectivity index (χ2n) is 14.2. The fraction of sp³-hybridized carbons (Fsp3) is 0.238. The summed E-state index contributed by atoms with van der Waals surface area (Å²) in [7, 11) is -5.43. The Morgan fingerprint density at radius 3 is 2.12 bits per heavy atom. The quantitative estimate of drug-likeness (QED) is 0.0831. The zero-order valence-corrected chi connectivity index (χ0v) is 32.0. The molecule has 57 heavy (non-hydrogen) atoms. The van der Waals surface area contributed by atoms with Crippen molar-refractivity contribution in [3.05, 3.63) is 138 Å². The molecular weight excluding hydrogens is 757 g/mol. The molecule has 0 aliphatic carbocycles. The molecule has 3 atom stereocenters. The van der Waals surface area contributed by atoms with Crippen molar-refractivity contribution in [2.75, 3.05) is 6.54 Å². The molecule has 2 amide bonds. The molecule has 1 saturated heterocycles. The van der Waals surface area contributed by atoms with Crippen molar-refractivity contribution in [1.82, 2.24) is 10.2 Å². The van der Waals surface area contributed by atoms with E-state index < -0.39 is 74.8 Å². The predicted octanol–water partition coefficient (Wildman–Crippen LogP) is 6.53. The minimum atomic E-state index is -5.43. The molecule has 1 aliphatic rings. The number of nitrogens with zero attached hydrogens (tertiary/aromatic N) is 1. The van der Waals surface area contributed by atoms with Gasteiger partial charge in [-0.1, -0.05) is 66.7 Å². The number of amides is 2. The summed E-state index contributed by atoms with van der Waals surface area (Å²) in [6.45, 7) is 4.46. The number of phenols is 2. The first-order chi connectivity index (χ1) is 27.1. The van der Waals surface area contributed by atoms with Crippen LogP contribution < -0.4 is 9.50 Å². The lowest BCUT2D eigenvalue weighted by Crippen LogP contribution is -2.68. The highest BCUT2D eigenvalue weighted by Crippen LogP contribution is 2.41. The van der Waals surface area contributed by atoms with E-state index in [1.54, 1.807) is 75.4 Å². The van der Waals surface area contributed by atoms with Gasteiger partial charge in [0.1, 0.15) is 17.4 Å². The first-order valence-electron chi connectivity index (χ1n) is 17.9. The maximum atomic E-state index is 15.1. The number of aromatic hydroxyl groups is 2. The van der Waals surface area contributed by atoms with E-state index in [0.29, 0.717) is 10.8 Å². The number of likely N-dealkylation sites (tertiary alicyclic amines) is 1. The molecule has 1 aliphatic heterocycles. The van der Waals surface area contributed by atoms with E-state index in [-0.39, 0.29) is 35.4 Å². The number of esters is 2. The van der Waals surface area contributed by atoms with Gasteiger partial charge in [-0.25, -0.2) is 14.4 Å². The van der Waals surface area contributed by atoms with Crippen LogP contribution in [0.3, 0.4) is 0 Å². The summed E-state index contributed by atoms with van der Waals surface area (Å²) < 4.78 is 53.7. The van der Waals surface area contributed by atoms with Crippen LogP contribution in [0.25, 0.3) is 10.8 Å². The van der Waals surface area contributed by atoms with Gasteiger partial charge in [0.15, 0.2) is 11.5 Å². The second kappa shape index (κ2) is 16.2. The number of carbonyl (C=O) groups excluding carboxylic acids is 4. The third-order valence-electron chi connectivity index (χ3n) is 9.03. The fourth-order valence-electron chi connectivity index (χ4n) is 6.37. The minimum Gasteiger partial charge on any atom is -0.508 e. The van der Waals surface area contributed by atoms with Gasteiger partial charge in [0.25, 0.3) is 10.8 Å². The van der Waals surface area contributed by atoms with Crippen molar-refractivity contribution < 1.29 is 56.2 Å². The van der Waals surface area contributed by atoms with E-state index in [2.05, 4.69) is 5.32 Å². The highest BCUT2D eigenvalue weighted by molar-refractivity contribution is 7.88. The molecule has 0 radical (unpaired) electrons. The molecule has 15 heteroatoms. The molecule has 1 heterocycles. The molecule has 0 spiro atoms. The van der Waals surface area contributed by atoms with Crippen LogP contribution in [0.15, 0.2) is 121 Å². The van der Waals surface area contributed by atoms with E-state index in [4.69, 9.17) is 18.4 Å². The summed E-state index contributed by atoms with van der Waals surface area (Å²) in [5.41, 5.74) is -1.25. The number of ether oxygens (including phenoxy) is 3. The number of benzene rings is 5. The van der Waals surface area contributed by atoms with E-state index in [1.165, 1.54) is 60.7 Å². The SMILES string of the molecule is CC(C)(C)OC(=O)N1CCC[C@@](OC(=O)c2cccc3ccccc23)(S(=O)(=O)Oc2ccccc2O)[C@H](NC(=O)c2ccc(O)cc2)C1OC(=O)c1ccccc1. The molecule has 1 fully saturated rings. The number of fused-ring (bicyclic) bond motifs is 1. The first-order valence-corrected chi connectivity index (χ1v) is 19.3. The van der Waals surface area contributed by atoms with Gasteiger partial charge < -0.3 is 33.9 Å². The molecule has 0 bridgehead atoms. The molecule has 296 valence electrons. The number of para-hydroxylation sites is 2. The van der Waals surface area contributed by atoms with Gasteiger partial charge in [0.05, 0.1) is 11.1 Å². The average molecular weight is 797 g/mol. The van der Waals surface area contributed by atoms with Gasteiger partial charge >= 0.3 is 28.1 Å². The summed E-state index contributed by atoms with van der Waals surface area (Å²) in [4.78, 5) is 54.7. The molecule has 6 rings (SSSR count). The smallest absolute Gasteiger partial charge is 0.413 e. The number of phenolic OH excluding ortho intramolecular Hbond substituents is 2. The lowest BCUT2D eigenvalue weighted by molar-refractivity contribution is -0.0799. The zero-order valence-electron chi connectivity index (χ0n) is 31.2. The Morgan fingerprint density at radius 1 is 0.772 bits per heavy atom. The van der Waals surface area contributed by atoms with Crippen molar-refractivity contribution in [1.29, 1.82) is 0 Å². The summed E-state index contributed by atoms with van der Waals surface area (Å²) >= 11 is 0. The zero-order chi connectivity index (χ0) is 41.0. The lowest BCUT2D eigenvalue weighted by Gasteiger charge is -2.42. The molecule has 5 aromatic rings. The van der Waals surface area contributed by atoms with E-state index in [1.807, 2.05) is 0 Å². The number of rotatable bonds is 9.